The van der Waals surface area contributed by atoms with Crippen molar-refractivity contribution < 1.29 is 4.79 Å². The molecule has 92 valence electrons. The van der Waals surface area contributed by atoms with Crippen molar-refractivity contribution in [2.45, 2.75) is 6.42 Å². The number of rotatable bonds is 1. The molecule has 2 rings (SSSR count). The minimum atomic E-state index is 0. The first-order chi connectivity index (χ1) is 6.88. The molecule has 1 amide bonds. The van der Waals surface area contributed by atoms with E-state index in [0.29, 0.717) is 5.69 Å². The highest BCUT2D eigenvalue weighted by molar-refractivity contribution is 7.07. The van der Waals surface area contributed by atoms with Gasteiger partial charge >= 0.3 is 0 Å². The summed E-state index contributed by atoms with van der Waals surface area (Å²) in [6, 6.07) is 0. The van der Waals surface area contributed by atoms with E-state index >= 15 is 0 Å². The van der Waals surface area contributed by atoms with Crippen LogP contribution < -0.4 is 5.32 Å². The van der Waals surface area contributed by atoms with Gasteiger partial charge < -0.3 is 10.2 Å². The van der Waals surface area contributed by atoms with Gasteiger partial charge in [-0.15, -0.1) is 36.2 Å². The van der Waals surface area contributed by atoms with Crippen molar-refractivity contribution in [2.75, 3.05) is 26.2 Å². The quantitative estimate of drug-likeness (QED) is 0.848. The fourth-order valence-corrected chi connectivity index (χ4v) is 2.05. The van der Waals surface area contributed by atoms with E-state index in [1.807, 2.05) is 4.90 Å². The molecule has 1 aromatic rings. The highest BCUT2D eigenvalue weighted by atomic mass is 35.5. The fourth-order valence-electron chi connectivity index (χ4n) is 1.53. The lowest BCUT2D eigenvalue weighted by molar-refractivity contribution is 0.0761. The number of aromatic nitrogens is 1. The minimum absolute atomic E-state index is 0. The molecule has 1 saturated heterocycles. The van der Waals surface area contributed by atoms with Gasteiger partial charge in [-0.2, -0.15) is 0 Å². The van der Waals surface area contributed by atoms with Crippen molar-refractivity contribution in [1.29, 1.82) is 0 Å². The maximum Gasteiger partial charge on any atom is 0.273 e. The molecule has 1 fully saturated rings. The Bertz CT molecular complexity index is 300. The molecule has 1 aliphatic rings. The molecule has 7 heteroatoms. The van der Waals surface area contributed by atoms with Gasteiger partial charge in [0.05, 0.1) is 5.51 Å². The van der Waals surface area contributed by atoms with Crippen molar-refractivity contribution in [3.05, 3.63) is 16.6 Å². The van der Waals surface area contributed by atoms with Crippen LogP contribution in [0.4, 0.5) is 0 Å². The number of halogens is 2. The zero-order valence-electron chi connectivity index (χ0n) is 8.72. The first-order valence-corrected chi connectivity index (χ1v) is 5.70. The normalized spacial score (nSPS) is 15.6. The van der Waals surface area contributed by atoms with Gasteiger partial charge in [0.25, 0.3) is 5.91 Å². The van der Waals surface area contributed by atoms with Crippen molar-refractivity contribution in [3.63, 3.8) is 0 Å². The van der Waals surface area contributed by atoms with Gasteiger partial charge in [0.1, 0.15) is 5.69 Å². The van der Waals surface area contributed by atoms with Crippen LogP contribution in [0.1, 0.15) is 16.9 Å². The SMILES string of the molecule is Cl.Cl.O=C(c1cscn1)N1CCCNCC1. The van der Waals surface area contributed by atoms with Crippen molar-refractivity contribution in [2.24, 2.45) is 0 Å². The predicted octanol–water partition coefficient (Wildman–Crippen LogP) is 1.42. The van der Waals surface area contributed by atoms with E-state index in [0.717, 1.165) is 32.6 Å². The Hall–Kier alpha value is -0.360. The topological polar surface area (TPSA) is 45.2 Å². The zero-order chi connectivity index (χ0) is 9.80. The Morgan fingerprint density at radius 3 is 2.88 bits per heavy atom. The van der Waals surface area contributed by atoms with Crippen LogP contribution in [0.3, 0.4) is 0 Å². The van der Waals surface area contributed by atoms with E-state index < -0.39 is 0 Å². The number of thiazole rings is 1. The average molecular weight is 284 g/mol. The summed E-state index contributed by atoms with van der Waals surface area (Å²) >= 11 is 1.46. The zero-order valence-corrected chi connectivity index (χ0v) is 11.2. The Morgan fingerprint density at radius 2 is 2.19 bits per heavy atom. The molecule has 0 aromatic carbocycles. The molecule has 0 saturated carbocycles. The van der Waals surface area contributed by atoms with E-state index in [4.69, 9.17) is 0 Å². The third-order valence-corrected chi connectivity index (χ3v) is 2.87. The maximum absolute atomic E-state index is 11.9. The molecule has 2 heterocycles. The molecular weight excluding hydrogens is 269 g/mol. The van der Waals surface area contributed by atoms with Gasteiger partial charge in [-0.3, -0.25) is 4.79 Å². The lowest BCUT2D eigenvalue weighted by Gasteiger charge is -2.18. The number of carbonyl (C=O) groups excluding carboxylic acids is 1. The molecule has 1 aromatic heterocycles. The van der Waals surface area contributed by atoms with Gasteiger partial charge in [-0.1, -0.05) is 0 Å². The van der Waals surface area contributed by atoms with Crippen molar-refractivity contribution >= 4 is 42.1 Å². The van der Waals surface area contributed by atoms with Gasteiger partial charge in [-0.25, -0.2) is 4.98 Å². The summed E-state index contributed by atoms with van der Waals surface area (Å²) in [5.41, 5.74) is 2.28. The summed E-state index contributed by atoms with van der Waals surface area (Å²) in [7, 11) is 0. The van der Waals surface area contributed by atoms with E-state index in [-0.39, 0.29) is 30.7 Å². The van der Waals surface area contributed by atoms with E-state index in [2.05, 4.69) is 10.3 Å². The highest BCUT2D eigenvalue weighted by Crippen LogP contribution is 2.06. The molecule has 1 N–H and O–H groups in total. The van der Waals surface area contributed by atoms with Crippen LogP contribution in [0.2, 0.25) is 0 Å². The second kappa shape index (κ2) is 7.84. The predicted molar refractivity (Wildman–Crippen MR) is 70.0 cm³/mol. The van der Waals surface area contributed by atoms with Crippen LogP contribution in [0.5, 0.6) is 0 Å². The summed E-state index contributed by atoms with van der Waals surface area (Å²) in [6.07, 6.45) is 1.02. The smallest absolute Gasteiger partial charge is 0.273 e. The lowest BCUT2D eigenvalue weighted by atomic mass is 10.3. The second-order valence-corrected chi connectivity index (χ2v) is 3.99. The molecule has 0 radical (unpaired) electrons. The van der Waals surface area contributed by atoms with Gasteiger partial charge in [0.2, 0.25) is 0 Å². The third-order valence-electron chi connectivity index (χ3n) is 2.28. The largest absolute Gasteiger partial charge is 0.336 e. The molecule has 0 bridgehead atoms. The summed E-state index contributed by atoms with van der Waals surface area (Å²) in [5, 5.41) is 5.07. The number of carbonyl (C=O) groups is 1. The van der Waals surface area contributed by atoms with Crippen molar-refractivity contribution in [3.8, 4) is 0 Å². The van der Waals surface area contributed by atoms with Crippen LogP contribution >= 0.6 is 36.2 Å². The van der Waals surface area contributed by atoms with Gasteiger partial charge in [0.15, 0.2) is 0 Å². The number of amides is 1. The third kappa shape index (κ3) is 3.90. The Kier molecular flexibility index (Phi) is 7.66. The van der Waals surface area contributed by atoms with Gasteiger partial charge in [-0.05, 0) is 13.0 Å². The Morgan fingerprint density at radius 1 is 1.38 bits per heavy atom. The van der Waals surface area contributed by atoms with Gasteiger partial charge in [0, 0.05) is 25.0 Å². The molecule has 0 atom stereocenters. The lowest BCUT2D eigenvalue weighted by Crippen LogP contribution is -2.34. The van der Waals surface area contributed by atoms with Crippen LogP contribution in [0, 0.1) is 0 Å². The van der Waals surface area contributed by atoms with Crippen LogP contribution in [0.25, 0.3) is 0 Å². The summed E-state index contributed by atoms with van der Waals surface area (Å²) in [4.78, 5) is 17.8. The molecule has 0 aliphatic carbocycles. The molecular formula is C9H15Cl2N3OS. The first-order valence-electron chi connectivity index (χ1n) is 4.76. The van der Waals surface area contributed by atoms with E-state index in [1.165, 1.54) is 11.3 Å². The monoisotopic (exact) mass is 283 g/mol. The number of nitrogens with zero attached hydrogens (tertiary/aromatic N) is 2. The summed E-state index contributed by atoms with van der Waals surface area (Å²) in [5.74, 6) is 0.0648. The fraction of sp³-hybridized carbons (Fsp3) is 0.556. The van der Waals surface area contributed by atoms with Crippen molar-refractivity contribution in [1.82, 2.24) is 15.2 Å². The van der Waals surface area contributed by atoms with E-state index in [9.17, 15) is 4.79 Å². The summed E-state index contributed by atoms with van der Waals surface area (Å²) in [6.45, 7) is 3.51. The Labute approximate surface area is 111 Å². The molecule has 0 unspecified atom stereocenters. The maximum atomic E-state index is 11.9. The molecule has 1 aliphatic heterocycles. The van der Waals surface area contributed by atoms with E-state index in [1.54, 1.807) is 10.9 Å². The molecule has 16 heavy (non-hydrogen) atoms. The second-order valence-electron chi connectivity index (χ2n) is 3.27. The number of hydrogen-bond acceptors (Lipinski definition) is 4. The standard InChI is InChI=1S/C9H13N3OS.2ClH/c13-9(8-6-14-7-11-8)12-4-1-2-10-3-5-12;;/h6-7,10H,1-5H2;2*1H. The average Bonchev–Trinajstić information content (AvgIpc) is 2.59. The first kappa shape index (κ1) is 15.6. The minimum Gasteiger partial charge on any atom is -0.336 e. The number of nitrogens with one attached hydrogen (secondary N) is 1. The van der Waals surface area contributed by atoms with Crippen LogP contribution in [-0.2, 0) is 0 Å². The van der Waals surface area contributed by atoms with Crippen LogP contribution in [0.15, 0.2) is 10.9 Å². The molecule has 0 spiro atoms. The summed E-state index contributed by atoms with van der Waals surface area (Å²) < 4.78 is 0. The Balaban J connectivity index is 0.00000112. The van der Waals surface area contributed by atoms with Crippen LogP contribution in [-0.4, -0.2) is 42.0 Å². The number of hydrogen-bond donors (Lipinski definition) is 1. The highest BCUT2D eigenvalue weighted by Gasteiger charge is 2.17. The molecule has 4 nitrogen and oxygen atoms in total.